The number of nitrogens with one attached hydrogen (secondary N) is 1. The van der Waals surface area contributed by atoms with E-state index in [4.69, 9.17) is 9.97 Å². The number of anilines is 2. The van der Waals surface area contributed by atoms with Gasteiger partial charge in [0.15, 0.2) is 5.82 Å². The number of aliphatic hydroxyl groups is 1. The summed E-state index contributed by atoms with van der Waals surface area (Å²) in [5.41, 5.74) is 1.50. The molecule has 3 aliphatic heterocycles. The van der Waals surface area contributed by atoms with E-state index in [1.807, 2.05) is 30.3 Å². The van der Waals surface area contributed by atoms with Crippen LogP contribution in [0.5, 0.6) is 5.75 Å². The third-order valence-electron chi connectivity index (χ3n) is 9.44. The molecule has 0 radical (unpaired) electrons. The van der Waals surface area contributed by atoms with E-state index in [1.165, 1.54) is 0 Å². The van der Waals surface area contributed by atoms with Gasteiger partial charge in [0.1, 0.15) is 17.1 Å². The van der Waals surface area contributed by atoms with Gasteiger partial charge in [0.05, 0.1) is 6.10 Å². The van der Waals surface area contributed by atoms with Crippen LogP contribution in [0.3, 0.4) is 0 Å². The summed E-state index contributed by atoms with van der Waals surface area (Å²) in [6, 6.07) is 15.7. The minimum atomic E-state index is -0.391. The van der Waals surface area contributed by atoms with Crippen molar-refractivity contribution in [1.82, 2.24) is 15.3 Å². The van der Waals surface area contributed by atoms with Gasteiger partial charge in [0.2, 0.25) is 5.95 Å². The van der Waals surface area contributed by atoms with Crippen LogP contribution in [0.15, 0.2) is 48.5 Å². The van der Waals surface area contributed by atoms with Crippen LogP contribution < -0.4 is 15.1 Å². The summed E-state index contributed by atoms with van der Waals surface area (Å²) in [7, 11) is 0. The number of piperazine rings is 1. The molecule has 1 aromatic heterocycles. The second-order valence-corrected chi connectivity index (χ2v) is 12.2. The molecule has 1 spiro atoms. The maximum atomic E-state index is 16.6. The Bertz CT molecular complexity index is 1610. The number of aromatic hydroxyl groups is 1. The highest BCUT2D eigenvalue weighted by atomic mass is 19.1. The van der Waals surface area contributed by atoms with Crippen molar-refractivity contribution < 1.29 is 14.6 Å². The largest absolute Gasteiger partial charge is 0.508 e. The van der Waals surface area contributed by atoms with Crippen LogP contribution in [0.25, 0.3) is 32.8 Å². The summed E-state index contributed by atoms with van der Waals surface area (Å²) in [6.07, 6.45) is 4.74. The topological polar surface area (TPSA) is 84.8 Å². The van der Waals surface area contributed by atoms with Gasteiger partial charge in [-0.15, -0.1) is 0 Å². The van der Waals surface area contributed by atoms with Crippen LogP contribution in [-0.2, 0) is 0 Å². The summed E-state index contributed by atoms with van der Waals surface area (Å²) < 4.78 is 16.6. The molecule has 3 atom stereocenters. The number of halogens is 1. The number of benzene rings is 3. The van der Waals surface area contributed by atoms with Crippen LogP contribution in [-0.4, -0.2) is 64.5 Å². The fourth-order valence-corrected chi connectivity index (χ4v) is 7.58. The van der Waals surface area contributed by atoms with E-state index in [1.54, 1.807) is 18.2 Å². The molecule has 1 saturated carbocycles. The van der Waals surface area contributed by atoms with Gasteiger partial charge in [-0.2, -0.15) is 4.98 Å². The Morgan fingerprint density at radius 3 is 2.46 bits per heavy atom. The summed E-state index contributed by atoms with van der Waals surface area (Å²) in [4.78, 5) is 14.4. The first kappa shape index (κ1) is 23.4. The highest BCUT2D eigenvalue weighted by Gasteiger charge is 2.49. The fraction of sp³-hybridized carbons (Fsp3) is 0.419. The maximum absolute atomic E-state index is 16.6. The minimum absolute atomic E-state index is 0.105. The summed E-state index contributed by atoms with van der Waals surface area (Å²) in [5, 5.41) is 26.7. The lowest BCUT2D eigenvalue weighted by atomic mass is 9.78. The summed E-state index contributed by atoms with van der Waals surface area (Å²) in [5.74, 6) is 1.07. The van der Waals surface area contributed by atoms with Crippen LogP contribution in [0.1, 0.15) is 32.1 Å². The van der Waals surface area contributed by atoms with E-state index in [-0.39, 0.29) is 17.3 Å². The number of aliphatic hydroxyl groups excluding tert-OH is 1. The highest BCUT2D eigenvalue weighted by Crippen LogP contribution is 2.47. The molecule has 4 heterocycles. The first-order valence-corrected chi connectivity index (χ1v) is 14.1. The van der Waals surface area contributed by atoms with E-state index >= 15 is 4.39 Å². The van der Waals surface area contributed by atoms with Crippen molar-refractivity contribution >= 4 is 33.4 Å². The minimum Gasteiger partial charge on any atom is -0.508 e. The van der Waals surface area contributed by atoms with Crippen LogP contribution >= 0.6 is 0 Å². The SMILES string of the molecule is Oc1cc(-c2ccc3c(N4CC5CCC(C4)N5)nc(N4CC5(CCC(O)C5)C4)nc3c2F)c2ccccc2c1. The average molecular weight is 526 g/mol. The van der Waals surface area contributed by atoms with Gasteiger partial charge in [0.25, 0.3) is 0 Å². The zero-order valence-electron chi connectivity index (χ0n) is 21.8. The molecule has 3 saturated heterocycles. The number of phenolic OH excluding ortho intramolecular Hbond substituents is 1. The molecule has 39 heavy (non-hydrogen) atoms. The Hall–Kier alpha value is -3.49. The Balaban J connectivity index is 1.27. The van der Waals surface area contributed by atoms with E-state index in [0.717, 1.165) is 80.3 Å². The molecule has 8 heteroatoms. The number of aromatic nitrogens is 2. The number of hydrogen-bond acceptors (Lipinski definition) is 7. The van der Waals surface area contributed by atoms with E-state index in [0.29, 0.717) is 34.7 Å². The molecule has 200 valence electrons. The van der Waals surface area contributed by atoms with Gasteiger partial charge in [-0.25, -0.2) is 9.37 Å². The standard InChI is InChI=1S/C31H32FN5O2/c32-27-24(26-12-22(39)11-18-3-1-2-4-23(18)26)7-8-25-28(27)34-30(37-16-31(17-37)10-9-21(38)13-31)35-29(25)36-14-19-5-6-20(15-36)33-19/h1-4,7-8,11-12,19-21,33,38-39H,5-6,9-10,13-17H2. The van der Waals surface area contributed by atoms with Crippen molar-refractivity contribution in [3.05, 3.63) is 54.3 Å². The molecule has 4 aliphatic rings. The Morgan fingerprint density at radius 1 is 0.897 bits per heavy atom. The van der Waals surface area contributed by atoms with Gasteiger partial charge in [-0.1, -0.05) is 30.3 Å². The summed E-state index contributed by atoms with van der Waals surface area (Å²) >= 11 is 0. The zero-order valence-corrected chi connectivity index (χ0v) is 21.8. The monoisotopic (exact) mass is 525 g/mol. The number of nitrogens with zero attached hydrogens (tertiary/aromatic N) is 4. The predicted molar refractivity (Wildman–Crippen MR) is 151 cm³/mol. The molecule has 3 unspecified atom stereocenters. The number of hydrogen-bond donors (Lipinski definition) is 3. The second-order valence-electron chi connectivity index (χ2n) is 12.2. The highest BCUT2D eigenvalue weighted by molar-refractivity contribution is 6.01. The molecule has 7 nitrogen and oxygen atoms in total. The van der Waals surface area contributed by atoms with Gasteiger partial charge in [0, 0.05) is 54.6 Å². The lowest BCUT2D eigenvalue weighted by molar-refractivity contribution is 0.141. The number of fused-ring (bicyclic) bond motifs is 4. The Morgan fingerprint density at radius 2 is 1.69 bits per heavy atom. The van der Waals surface area contributed by atoms with Gasteiger partial charge in [-0.05, 0) is 66.6 Å². The third kappa shape index (κ3) is 3.76. The molecule has 2 bridgehead atoms. The fourth-order valence-electron chi connectivity index (χ4n) is 7.58. The second kappa shape index (κ2) is 8.50. The lowest BCUT2D eigenvalue weighted by Crippen LogP contribution is -2.56. The maximum Gasteiger partial charge on any atom is 0.228 e. The number of rotatable bonds is 3. The van der Waals surface area contributed by atoms with E-state index in [9.17, 15) is 10.2 Å². The average Bonchev–Trinajstić information content (AvgIpc) is 3.48. The van der Waals surface area contributed by atoms with Crippen molar-refractivity contribution in [3.8, 4) is 16.9 Å². The number of phenols is 1. The van der Waals surface area contributed by atoms with Gasteiger partial charge < -0.3 is 25.3 Å². The van der Waals surface area contributed by atoms with Crippen molar-refractivity contribution in [2.45, 2.75) is 50.3 Å². The van der Waals surface area contributed by atoms with Crippen molar-refractivity contribution in [1.29, 1.82) is 0 Å². The van der Waals surface area contributed by atoms with Crippen molar-refractivity contribution in [2.24, 2.45) is 5.41 Å². The normalized spacial score (nSPS) is 25.6. The molecular formula is C31H32FN5O2. The summed E-state index contributed by atoms with van der Waals surface area (Å²) in [6.45, 7) is 3.28. The van der Waals surface area contributed by atoms with Crippen LogP contribution in [0.4, 0.5) is 16.2 Å². The lowest BCUT2D eigenvalue weighted by Gasteiger charge is -2.48. The molecule has 3 N–H and O–H groups in total. The van der Waals surface area contributed by atoms with Gasteiger partial charge >= 0.3 is 0 Å². The third-order valence-corrected chi connectivity index (χ3v) is 9.44. The van der Waals surface area contributed by atoms with Gasteiger partial charge in [-0.3, -0.25) is 0 Å². The first-order valence-electron chi connectivity index (χ1n) is 14.1. The molecule has 3 aromatic carbocycles. The van der Waals surface area contributed by atoms with E-state index in [2.05, 4.69) is 15.1 Å². The molecule has 1 aliphatic carbocycles. The zero-order chi connectivity index (χ0) is 26.3. The Labute approximate surface area is 226 Å². The Kier molecular flexibility index (Phi) is 5.10. The molecule has 4 aromatic rings. The van der Waals surface area contributed by atoms with Crippen molar-refractivity contribution in [2.75, 3.05) is 36.0 Å². The van der Waals surface area contributed by atoms with Crippen LogP contribution in [0.2, 0.25) is 0 Å². The molecular weight excluding hydrogens is 493 g/mol. The predicted octanol–water partition coefficient (Wildman–Crippen LogP) is 4.59. The molecule has 8 rings (SSSR count). The van der Waals surface area contributed by atoms with Crippen molar-refractivity contribution in [3.63, 3.8) is 0 Å². The quantitative estimate of drug-likeness (QED) is 0.361. The van der Waals surface area contributed by atoms with E-state index < -0.39 is 5.82 Å². The smallest absolute Gasteiger partial charge is 0.228 e. The molecule has 4 fully saturated rings. The van der Waals surface area contributed by atoms with Crippen LogP contribution in [0, 0.1) is 11.2 Å². The molecule has 0 amide bonds. The first-order chi connectivity index (χ1) is 18.9.